The van der Waals surface area contributed by atoms with Crippen molar-refractivity contribution < 1.29 is 20.8 Å². The quantitative estimate of drug-likeness (QED) is 0.126. The van der Waals surface area contributed by atoms with Gasteiger partial charge in [-0.2, -0.15) is 18.2 Å². The van der Waals surface area contributed by atoms with Crippen molar-refractivity contribution in [1.29, 1.82) is 0 Å². The summed E-state index contributed by atoms with van der Waals surface area (Å²) in [6.45, 7) is 15.5. The summed E-state index contributed by atoms with van der Waals surface area (Å²) in [6, 6.07) is 42.1. The van der Waals surface area contributed by atoms with E-state index in [9.17, 15) is 0 Å². The first-order valence-electron chi connectivity index (χ1n) is 15.3. The van der Waals surface area contributed by atoms with E-state index >= 15 is 0 Å². The third kappa shape index (κ3) is 9.89. The summed E-state index contributed by atoms with van der Waals surface area (Å²) in [7, 11) is 11.0. The topological polar surface area (TPSA) is 0 Å². The Hall–Kier alpha value is -2.22. The molecule has 0 bridgehead atoms. The van der Waals surface area contributed by atoms with E-state index in [0.29, 0.717) is 0 Å². The van der Waals surface area contributed by atoms with Crippen LogP contribution in [0.1, 0.15) is 51.3 Å². The van der Waals surface area contributed by atoms with Crippen LogP contribution in [-0.2, 0) is 39.1 Å². The molecule has 6 aromatic rings. The Morgan fingerprint density at radius 1 is 0.682 bits per heavy atom. The second-order valence-electron chi connectivity index (χ2n) is 11.8. The molecule has 0 amide bonds. The van der Waals surface area contributed by atoms with E-state index in [1.165, 1.54) is 60.5 Å². The summed E-state index contributed by atoms with van der Waals surface area (Å²) in [5.74, 6) is 0. The molecule has 44 heavy (non-hydrogen) atoms. The zero-order valence-electron chi connectivity index (χ0n) is 27.1. The van der Waals surface area contributed by atoms with E-state index in [-0.39, 0.29) is 5.41 Å². The summed E-state index contributed by atoms with van der Waals surface area (Å²) < 4.78 is 0. The van der Waals surface area contributed by atoms with Crippen LogP contribution in [-0.4, -0.2) is 9.52 Å². The Balaban J connectivity index is 0.000000204. The summed E-state index contributed by atoms with van der Waals surface area (Å²) in [5, 5.41) is 5.39. The van der Waals surface area contributed by atoms with Gasteiger partial charge in [0.1, 0.15) is 0 Å². The first-order chi connectivity index (χ1) is 21.2. The molecule has 0 fully saturated rings. The molecule has 0 aliphatic rings. The predicted molar refractivity (Wildman–Crippen MR) is 197 cm³/mol. The summed E-state index contributed by atoms with van der Waals surface area (Å²) in [5.41, 5.74) is 9.69. The van der Waals surface area contributed by atoms with Gasteiger partial charge in [-0.25, -0.2) is 0 Å². The molecule has 0 N–H and O–H groups in total. The standard InChI is InChI=1S/2C19H19.C2H6Si.2ClH.Zr/c1-19(2,3)16-12-10-15(11-13-16)18-9-5-7-14-6-4-8-17(14)18;1-3-14-8-10-16(11-9-14)18-7-5-6-17-12-15(4-2)13-19(17)18;1-3-2;;;/h4-13H,1-3H3;5-13H,3-4H2,1-2H3;1-2H3;2*1H;/q2*-1;;;;+4/p-2. The number of halogens is 2. The van der Waals surface area contributed by atoms with E-state index in [1.54, 1.807) is 0 Å². The number of rotatable bonds is 4. The van der Waals surface area contributed by atoms with Gasteiger partial charge in [0.15, 0.2) is 0 Å². The molecule has 0 aliphatic carbocycles. The number of fused-ring (bicyclic) bond motifs is 2. The Labute approximate surface area is 287 Å². The molecule has 0 aliphatic heterocycles. The van der Waals surface area contributed by atoms with Crippen molar-refractivity contribution in [2.45, 2.75) is 66.0 Å². The van der Waals surface area contributed by atoms with Crippen LogP contribution in [0.25, 0.3) is 43.8 Å². The molecule has 6 rings (SSSR count). The SMILES string of the molecule is CC(C)(C)c1ccc(-c2cccc3[cH-]ccc23)cc1.CCc1ccc(-c2cccc3[cH-]c(CC)cc23)cc1.C[Si]C.[Cl][Zr+2][Cl]. The molecule has 6 aromatic carbocycles. The van der Waals surface area contributed by atoms with Crippen LogP contribution in [0.4, 0.5) is 0 Å². The molecular weight excluding hydrogens is 671 g/mol. The minimum atomic E-state index is -0.826. The zero-order valence-corrected chi connectivity index (χ0v) is 32.1. The average Bonchev–Trinajstić information content (AvgIpc) is 3.69. The van der Waals surface area contributed by atoms with E-state index in [1.807, 2.05) is 0 Å². The van der Waals surface area contributed by atoms with Gasteiger partial charge in [0.05, 0.1) is 0 Å². The fourth-order valence-electron chi connectivity index (χ4n) is 5.24. The van der Waals surface area contributed by atoms with Crippen LogP contribution in [0.15, 0.2) is 115 Å². The van der Waals surface area contributed by atoms with E-state index in [0.717, 1.165) is 22.4 Å². The van der Waals surface area contributed by atoms with Gasteiger partial charge in [-0.15, -0.1) is 63.5 Å². The molecule has 0 heterocycles. The van der Waals surface area contributed by atoms with Crippen LogP contribution in [0.3, 0.4) is 0 Å². The van der Waals surface area contributed by atoms with Crippen molar-refractivity contribution in [2.75, 3.05) is 0 Å². The Morgan fingerprint density at radius 2 is 1.20 bits per heavy atom. The fraction of sp³-hybridized carbons (Fsp3) is 0.250. The predicted octanol–water partition coefficient (Wildman–Crippen LogP) is 13.0. The molecule has 0 nitrogen and oxygen atoms in total. The van der Waals surface area contributed by atoms with Crippen molar-refractivity contribution in [1.82, 2.24) is 0 Å². The van der Waals surface area contributed by atoms with Crippen LogP contribution < -0.4 is 0 Å². The first-order valence-corrected chi connectivity index (χ1v) is 23.6. The van der Waals surface area contributed by atoms with Crippen LogP contribution >= 0.6 is 17.0 Å². The number of aryl methyl sites for hydroxylation is 2. The second-order valence-corrected chi connectivity index (χ2v) is 16.5. The Morgan fingerprint density at radius 3 is 1.73 bits per heavy atom. The monoisotopic (exact) mass is 712 g/mol. The maximum absolute atomic E-state index is 4.93. The second kappa shape index (κ2) is 18.1. The Kier molecular flexibility index (Phi) is 14.9. The van der Waals surface area contributed by atoms with Gasteiger partial charge in [0.2, 0.25) is 0 Å². The van der Waals surface area contributed by atoms with Crippen molar-refractivity contribution in [3.63, 3.8) is 0 Å². The number of hydrogen-bond acceptors (Lipinski definition) is 0. The van der Waals surface area contributed by atoms with Crippen LogP contribution in [0, 0.1) is 0 Å². The van der Waals surface area contributed by atoms with Gasteiger partial charge in [-0.1, -0.05) is 120 Å². The zero-order chi connectivity index (χ0) is 32.1. The molecule has 226 valence electrons. The molecule has 2 radical (unpaired) electrons. The van der Waals surface area contributed by atoms with Crippen molar-refractivity contribution >= 4 is 48.1 Å². The first kappa shape index (κ1) is 36.3. The third-order valence-corrected chi connectivity index (χ3v) is 7.63. The van der Waals surface area contributed by atoms with Gasteiger partial charge < -0.3 is 0 Å². The molecule has 4 heteroatoms. The molecule has 0 aromatic heterocycles. The normalized spacial score (nSPS) is 10.6. The van der Waals surface area contributed by atoms with Crippen molar-refractivity contribution in [3.8, 4) is 22.3 Å². The fourth-order valence-corrected chi connectivity index (χ4v) is 5.24. The molecule has 0 spiro atoms. The number of benzene rings is 4. The molecule has 0 saturated carbocycles. The van der Waals surface area contributed by atoms with Gasteiger partial charge >= 0.3 is 37.9 Å². The van der Waals surface area contributed by atoms with Gasteiger partial charge in [-0.05, 0) is 40.5 Å². The summed E-state index contributed by atoms with van der Waals surface area (Å²) in [4.78, 5) is 0. The van der Waals surface area contributed by atoms with E-state index < -0.39 is 20.8 Å². The molecule has 0 atom stereocenters. The van der Waals surface area contributed by atoms with Gasteiger partial charge in [-0.3, -0.25) is 0 Å². The van der Waals surface area contributed by atoms with Gasteiger partial charge in [0, 0.05) is 9.52 Å². The molecule has 0 unspecified atom stereocenters. The van der Waals surface area contributed by atoms with Crippen molar-refractivity contribution in [2.24, 2.45) is 0 Å². The van der Waals surface area contributed by atoms with E-state index in [2.05, 4.69) is 163 Å². The Bertz CT molecular complexity index is 1680. The van der Waals surface area contributed by atoms with Crippen molar-refractivity contribution in [3.05, 3.63) is 132 Å². The van der Waals surface area contributed by atoms with Gasteiger partial charge in [0.25, 0.3) is 0 Å². The third-order valence-electron chi connectivity index (χ3n) is 7.63. The van der Waals surface area contributed by atoms with E-state index in [4.69, 9.17) is 17.0 Å². The van der Waals surface area contributed by atoms with Crippen LogP contribution in [0.5, 0.6) is 0 Å². The summed E-state index contributed by atoms with van der Waals surface area (Å²) >= 11 is -0.826. The molecular formula is C40H44Cl2SiZr. The number of hydrogen-bond donors (Lipinski definition) is 0. The van der Waals surface area contributed by atoms with Crippen LogP contribution in [0.2, 0.25) is 13.1 Å². The average molecular weight is 715 g/mol. The minimum absolute atomic E-state index is 0.213. The maximum atomic E-state index is 4.93. The molecule has 0 saturated heterocycles. The summed E-state index contributed by atoms with van der Waals surface area (Å²) in [6.07, 6.45) is 2.20.